The van der Waals surface area contributed by atoms with Crippen LogP contribution in [0.3, 0.4) is 0 Å². The van der Waals surface area contributed by atoms with Gasteiger partial charge in [0.15, 0.2) is 0 Å². The molecule has 1 aliphatic heterocycles. The van der Waals surface area contributed by atoms with Gasteiger partial charge in [-0.1, -0.05) is 19.1 Å². The van der Waals surface area contributed by atoms with Crippen LogP contribution in [0.25, 0.3) is 0 Å². The van der Waals surface area contributed by atoms with E-state index in [2.05, 4.69) is 5.32 Å². The van der Waals surface area contributed by atoms with Crippen molar-refractivity contribution < 1.29 is 17.6 Å². The number of halogens is 1. The van der Waals surface area contributed by atoms with Crippen LogP contribution in [0.4, 0.5) is 15.8 Å². The van der Waals surface area contributed by atoms with Gasteiger partial charge in [-0.15, -0.1) is 0 Å². The number of rotatable bonds is 5. The number of benzene rings is 2. The van der Waals surface area contributed by atoms with Crippen LogP contribution in [-0.4, -0.2) is 26.6 Å². The fourth-order valence-electron chi connectivity index (χ4n) is 3.02. The van der Waals surface area contributed by atoms with Gasteiger partial charge < -0.3 is 5.32 Å². The Bertz CT molecular complexity index is 897. The Hall–Kier alpha value is -2.41. The van der Waals surface area contributed by atoms with E-state index in [4.69, 9.17) is 0 Å². The highest BCUT2D eigenvalue weighted by atomic mass is 32.2. The summed E-state index contributed by atoms with van der Waals surface area (Å²) in [4.78, 5) is 12.3. The van der Waals surface area contributed by atoms with Crippen LogP contribution in [-0.2, 0) is 21.2 Å². The normalized spacial score (nSPS) is 17.1. The first-order valence-electron chi connectivity index (χ1n) is 8.51. The number of carbonyl (C=O) groups excluding carboxylic acids is 1. The molecule has 1 aliphatic rings. The minimum Gasteiger partial charge on any atom is -0.326 e. The second-order valence-electron chi connectivity index (χ2n) is 6.51. The third kappa shape index (κ3) is 4.22. The summed E-state index contributed by atoms with van der Waals surface area (Å²) in [5.74, 6) is -0.642. The fourth-order valence-corrected chi connectivity index (χ4v) is 4.58. The zero-order chi connectivity index (χ0) is 18.7. The van der Waals surface area contributed by atoms with E-state index in [9.17, 15) is 17.6 Å². The van der Waals surface area contributed by atoms with Gasteiger partial charge in [0.05, 0.1) is 11.4 Å². The van der Waals surface area contributed by atoms with Gasteiger partial charge in [0.1, 0.15) is 5.82 Å². The fraction of sp³-hybridized carbons (Fsp3) is 0.316. The molecule has 1 unspecified atom stereocenters. The third-order valence-corrected chi connectivity index (χ3v) is 6.27. The molecule has 1 amide bonds. The lowest BCUT2D eigenvalue weighted by atomic mass is 10.0. The smallest absolute Gasteiger partial charge is 0.235 e. The summed E-state index contributed by atoms with van der Waals surface area (Å²) in [6.45, 7) is 2.27. The van der Waals surface area contributed by atoms with Gasteiger partial charge in [-0.05, 0) is 54.8 Å². The van der Waals surface area contributed by atoms with Crippen LogP contribution in [0.2, 0.25) is 0 Å². The predicted octanol–water partition coefficient (Wildman–Crippen LogP) is 3.18. The molecule has 1 atom stereocenters. The zero-order valence-electron chi connectivity index (χ0n) is 14.5. The van der Waals surface area contributed by atoms with Crippen molar-refractivity contribution >= 4 is 27.3 Å². The Kier molecular flexibility index (Phi) is 5.27. The number of sulfonamides is 1. The minimum atomic E-state index is -3.21. The quantitative estimate of drug-likeness (QED) is 0.872. The highest BCUT2D eigenvalue weighted by Gasteiger charge is 2.28. The minimum absolute atomic E-state index is 0.170. The van der Waals surface area contributed by atoms with Gasteiger partial charge in [0, 0.05) is 18.2 Å². The van der Waals surface area contributed by atoms with Crippen molar-refractivity contribution in [1.82, 2.24) is 0 Å². The van der Waals surface area contributed by atoms with Crippen molar-refractivity contribution in [3.05, 3.63) is 59.9 Å². The molecule has 2 aromatic carbocycles. The molecule has 138 valence electrons. The van der Waals surface area contributed by atoms with E-state index in [1.165, 1.54) is 16.4 Å². The van der Waals surface area contributed by atoms with Crippen molar-refractivity contribution in [3.63, 3.8) is 0 Å². The molecule has 0 bridgehead atoms. The lowest BCUT2D eigenvalue weighted by molar-refractivity contribution is -0.119. The molecule has 2 aromatic rings. The number of hydrogen-bond acceptors (Lipinski definition) is 3. The van der Waals surface area contributed by atoms with Crippen LogP contribution in [0, 0.1) is 11.7 Å². The first-order chi connectivity index (χ1) is 12.3. The summed E-state index contributed by atoms with van der Waals surface area (Å²) < 4.78 is 38.5. The number of nitrogens with zero attached hydrogens (tertiary/aromatic N) is 1. The average molecular weight is 376 g/mol. The lowest BCUT2D eigenvalue weighted by Gasteiger charge is -2.17. The molecule has 0 aliphatic carbocycles. The summed E-state index contributed by atoms with van der Waals surface area (Å²) in [5.41, 5.74) is 1.97. The highest BCUT2D eigenvalue weighted by molar-refractivity contribution is 7.93. The Morgan fingerprint density at radius 2 is 1.96 bits per heavy atom. The van der Waals surface area contributed by atoms with E-state index in [0.29, 0.717) is 30.8 Å². The number of hydrogen-bond donors (Lipinski definition) is 1. The molecular formula is C19H21FN2O3S. The first kappa shape index (κ1) is 18.4. The molecular weight excluding hydrogens is 355 g/mol. The van der Waals surface area contributed by atoms with Gasteiger partial charge in [-0.2, -0.15) is 0 Å². The molecule has 3 rings (SSSR count). The molecule has 0 aromatic heterocycles. The molecule has 1 fully saturated rings. The summed E-state index contributed by atoms with van der Waals surface area (Å²) in [7, 11) is -3.21. The number of nitrogens with one attached hydrogen (secondary N) is 1. The first-order valence-corrected chi connectivity index (χ1v) is 10.1. The van der Waals surface area contributed by atoms with E-state index in [1.54, 1.807) is 43.3 Å². The third-order valence-electron chi connectivity index (χ3n) is 4.40. The number of anilines is 2. The van der Waals surface area contributed by atoms with Crippen LogP contribution in [0.1, 0.15) is 18.9 Å². The van der Waals surface area contributed by atoms with Crippen LogP contribution < -0.4 is 9.62 Å². The maximum Gasteiger partial charge on any atom is 0.235 e. The van der Waals surface area contributed by atoms with Gasteiger partial charge in [-0.25, -0.2) is 12.8 Å². The van der Waals surface area contributed by atoms with Gasteiger partial charge >= 0.3 is 0 Å². The summed E-state index contributed by atoms with van der Waals surface area (Å²) >= 11 is 0. The van der Waals surface area contributed by atoms with Crippen LogP contribution in [0.5, 0.6) is 0 Å². The van der Waals surface area contributed by atoms with Crippen molar-refractivity contribution in [2.24, 2.45) is 5.92 Å². The van der Waals surface area contributed by atoms with E-state index in [-0.39, 0.29) is 23.4 Å². The molecule has 1 heterocycles. The molecule has 26 heavy (non-hydrogen) atoms. The van der Waals surface area contributed by atoms with Gasteiger partial charge in [0.2, 0.25) is 15.9 Å². The maximum absolute atomic E-state index is 13.2. The van der Waals surface area contributed by atoms with Gasteiger partial charge in [-0.3, -0.25) is 9.10 Å². The molecule has 7 heteroatoms. The standard InChI is InChI=1S/C19H21FN2O3S/c1-14(12-15-4-2-5-16(20)13-15)19(23)21-17-6-8-18(9-7-17)22-10-3-11-26(22,24)25/h2,4-9,13-14H,3,10-12H2,1H3,(H,21,23). The number of carbonyl (C=O) groups is 1. The van der Waals surface area contributed by atoms with Crippen molar-refractivity contribution in [1.29, 1.82) is 0 Å². The highest BCUT2D eigenvalue weighted by Crippen LogP contribution is 2.25. The predicted molar refractivity (Wildman–Crippen MR) is 100 cm³/mol. The van der Waals surface area contributed by atoms with E-state index in [1.807, 2.05) is 0 Å². The number of amides is 1. The SMILES string of the molecule is CC(Cc1cccc(F)c1)C(=O)Nc1ccc(N2CCCS2(=O)=O)cc1. The average Bonchev–Trinajstić information content (AvgIpc) is 2.95. The Morgan fingerprint density at radius 3 is 2.58 bits per heavy atom. The van der Waals surface area contributed by atoms with Crippen LogP contribution in [0.15, 0.2) is 48.5 Å². The Balaban J connectivity index is 1.62. The lowest BCUT2D eigenvalue weighted by Crippen LogP contribution is -2.25. The van der Waals surface area contributed by atoms with Crippen molar-refractivity contribution in [2.75, 3.05) is 21.9 Å². The largest absolute Gasteiger partial charge is 0.326 e. The summed E-state index contributed by atoms with van der Waals surface area (Å²) in [6, 6.07) is 13.0. The summed E-state index contributed by atoms with van der Waals surface area (Å²) in [5, 5.41) is 2.81. The topological polar surface area (TPSA) is 66.5 Å². The van der Waals surface area contributed by atoms with Crippen LogP contribution >= 0.6 is 0 Å². The van der Waals surface area contributed by atoms with E-state index in [0.717, 1.165) is 5.56 Å². The molecule has 0 radical (unpaired) electrons. The molecule has 0 saturated carbocycles. The van der Waals surface area contributed by atoms with Crippen molar-refractivity contribution in [2.45, 2.75) is 19.8 Å². The van der Waals surface area contributed by atoms with Gasteiger partial charge in [0.25, 0.3) is 0 Å². The molecule has 1 saturated heterocycles. The Morgan fingerprint density at radius 1 is 1.23 bits per heavy atom. The van der Waals surface area contributed by atoms with E-state index < -0.39 is 10.0 Å². The molecule has 5 nitrogen and oxygen atoms in total. The maximum atomic E-state index is 13.2. The van der Waals surface area contributed by atoms with Crippen molar-refractivity contribution in [3.8, 4) is 0 Å². The monoisotopic (exact) mass is 376 g/mol. The molecule has 1 N–H and O–H groups in total. The second-order valence-corrected chi connectivity index (χ2v) is 8.53. The van der Waals surface area contributed by atoms with E-state index >= 15 is 0 Å². The zero-order valence-corrected chi connectivity index (χ0v) is 15.3. The second kappa shape index (κ2) is 7.45. The summed E-state index contributed by atoms with van der Waals surface area (Å²) in [6.07, 6.45) is 1.06. The molecule has 0 spiro atoms. The Labute approximate surface area is 152 Å².